The van der Waals surface area contributed by atoms with Gasteiger partial charge in [-0.05, 0) is 24.6 Å². The van der Waals surface area contributed by atoms with E-state index >= 15 is 0 Å². The highest BCUT2D eigenvalue weighted by atomic mass is 16.5. The van der Waals surface area contributed by atoms with Crippen molar-refractivity contribution in [3.05, 3.63) is 29.5 Å². The van der Waals surface area contributed by atoms with Gasteiger partial charge in [-0.3, -0.25) is 4.68 Å². The molecule has 0 atom stereocenters. The largest absolute Gasteiger partial charge is 0.497 e. The first-order valence-corrected chi connectivity index (χ1v) is 6.06. The summed E-state index contributed by atoms with van der Waals surface area (Å²) >= 11 is 0. The van der Waals surface area contributed by atoms with Crippen molar-refractivity contribution in [3.8, 4) is 22.8 Å². The van der Waals surface area contributed by atoms with Crippen LogP contribution < -0.4 is 15.2 Å². The minimum Gasteiger partial charge on any atom is -0.497 e. The SMILES string of the molecule is COc1cc(C)c(-c2cc(CN)nn2C)c(OC)c1. The molecule has 0 aliphatic rings. The summed E-state index contributed by atoms with van der Waals surface area (Å²) in [5.41, 5.74) is 9.56. The Balaban J connectivity index is 2.63. The third-order valence-electron chi connectivity index (χ3n) is 3.12. The average molecular weight is 261 g/mol. The van der Waals surface area contributed by atoms with Gasteiger partial charge in [0.05, 0.1) is 25.6 Å². The highest BCUT2D eigenvalue weighted by Crippen LogP contribution is 2.36. The van der Waals surface area contributed by atoms with Crippen LogP contribution in [0, 0.1) is 6.92 Å². The molecule has 19 heavy (non-hydrogen) atoms. The van der Waals surface area contributed by atoms with Crippen LogP contribution in [0.3, 0.4) is 0 Å². The predicted octanol–water partition coefficient (Wildman–Crippen LogP) is 1.87. The Morgan fingerprint density at radius 1 is 1.21 bits per heavy atom. The van der Waals surface area contributed by atoms with E-state index in [9.17, 15) is 0 Å². The molecule has 0 unspecified atom stereocenters. The Labute approximate surface area is 112 Å². The minimum atomic E-state index is 0.422. The predicted molar refractivity (Wildman–Crippen MR) is 74.4 cm³/mol. The molecule has 2 rings (SSSR count). The smallest absolute Gasteiger partial charge is 0.132 e. The Morgan fingerprint density at radius 2 is 1.95 bits per heavy atom. The van der Waals surface area contributed by atoms with Crippen LogP contribution in [0.15, 0.2) is 18.2 Å². The number of nitrogens with zero attached hydrogens (tertiary/aromatic N) is 2. The second-order valence-electron chi connectivity index (χ2n) is 4.37. The van der Waals surface area contributed by atoms with Crippen LogP contribution in [-0.4, -0.2) is 24.0 Å². The molecule has 0 saturated carbocycles. The van der Waals surface area contributed by atoms with Crippen molar-refractivity contribution in [2.45, 2.75) is 13.5 Å². The van der Waals surface area contributed by atoms with Crippen molar-refractivity contribution in [2.75, 3.05) is 14.2 Å². The molecule has 5 nitrogen and oxygen atoms in total. The fraction of sp³-hybridized carbons (Fsp3) is 0.357. The number of rotatable bonds is 4. The summed E-state index contributed by atoms with van der Waals surface area (Å²) < 4.78 is 12.6. The molecule has 0 radical (unpaired) electrons. The van der Waals surface area contributed by atoms with Crippen LogP contribution in [0.2, 0.25) is 0 Å². The molecule has 1 aromatic heterocycles. The van der Waals surface area contributed by atoms with E-state index in [1.807, 2.05) is 36.9 Å². The van der Waals surface area contributed by atoms with Gasteiger partial charge >= 0.3 is 0 Å². The summed E-state index contributed by atoms with van der Waals surface area (Å²) in [6, 6.07) is 5.84. The number of methoxy groups -OCH3 is 2. The standard InChI is InChI=1S/C14H19N3O2/c1-9-5-11(18-3)7-13(19-4)14(9)12-6-10(8-15)16-17(12)2/h5-7H,8,15H2,1-4H3. The van der Waals surface area contributed by atoms with E-state index in [1.165, 1.54) is 0 Å². The third-order valence-corrected chi connectivity index (χ3v) is 3.12. The topological polar surface area (TPSA) is 62.3 Å². The van der Waals surface area contributed by atoms with Crippen molar-refractivity contribution in [1.29, 1.82) is 0 Å². The second kappa shape index (κ2) is 5.32. The summed E-state index contributed by atoms with van der Waals surface area (Å²) in [4.78, 5) is 0. The zero-order valence-electron chi connectivity index (χ0n) is 11.7. The van der Waals surface area contributed by atoms with Crippen LogP contribution in [0.5, 0.6) is 11.5 Å². The maximum atomic E-state index is 5.64. The summed E-state index contributed by atoms with van der Waals surface area (Å²) in [6.07, 6.45) is 0. The second-order valence-corrected chi connectivity index (χ2v) is 4.37. The fourth-order valence-corrected chi connectivity index (χ4v) is 2.19. The minimum absolute atomic E-state index is 0.422. The van der Waals surface area contributed by atoms with Crippen molar-refractivity contribution >= 4 is 0 Å². The molecule has 102 valence electrons. The quantitative estimate of drug-likeness (QED) is 0.912. The van der Waals surface area contributed by atoms with Crippen molar-refractivity contribution in [3.63, 3.8) is 0 Å². The summed E-state index contributed by atoms with van der Waals surface area (Å²) in [7, 11) is 5.19. The Kier molecular flexibility index (Phi) is 3.76. The van der Waals surface area contributed by atoms with Gasteiger partial charge in [-0.15, -0.1) is 0 Å². The van der Waals surface area contributed by atoms with Gasteiger partial charge < -0.3 is 15.2 Å². The summed E-state index contributed by atoms with van der Waals surface area (Å²) in [6.45, 7) is 2.45. The van der Waals surface area contributed by atoms with Gasteiger partial charge in [0.25, 0.3) is 0 Å². The molecule has 0 aliphatic carbocycles. The number of aromatic nitrogens is 2. The lowest BCUT2D eigenvalue weighted by Gasteiger charge is -2.13. The van der Waals surface area contributed by atoms with Gasteiger partial charge in [-0.2, -0.15) is 5.10 Å². The molecule has 2 aromatic rings. The van der Waals surface area contributed by atoms with E-state index in [2.05, 4.69) is 5.10 Å². The summed E-state index contributed by atoms with van der Waals surface area (Å²) in [5.74, 6) is 1.54. The number of hydrogen-bond donors (Lipinski definition) is 1. The van der Waals surface area contributed by atoms with E-state index in [1.54, 1.807) is 14.2 Å². The molecule has 1 aromatic carbocycles. The van der Waals surface area contributed by atoms with Crippen molar-refractivity contribution < 1.29 is 9.47 Å². The first-order chi connectivity index (χ1) is 9.10. The molecular weight excluding hydrogens is 242 g/mol. The van der Waals surface area contributed by atoms with Gasteiger partial charge in [0.2, 0.25) is 0 Å². The first kappa shape index (κ1) is 13.4. The maximum absolute atomic E-state index is 5.64. The first-order valence-electron chi connectivity index (χ1n) is 6.06. The van der Waals surface area contributed by atoms with Crippen molar-refractivity contribution in [1.82, 2.24) is 9.78 Å². The molecule has 0 fully saturated rings. The lowest BCUT2D eigenvalue weighted by molar-refractivity contribution is 0.394. The molecule has 0 spiro atoms. The van der Waals surface area contributed by atoms with E-state index in [0.29, 0.717) is 6.54 Å². The van der Waals surface area contributed by atoms with Crippen molar-refractivity contribution in [2.24, 2.45) is 12.8 Å². The lowest BCUT2D eigenvalue weighted by atomic mass is 10.0. The monoisotopic (exact) mass is 261 g/mol. The van der Waals surface area contributed by atoms with Gasteiger partial charge in [-0.1, -0.05) is 0 Å². The Bertz CT molecular complexity index is 591. The molecule has 0 saturated heterocycles. The normalized spacial score (nSPS) is 10.6. The highest BCUT2D eigenvalue weighted by molar-refractivity contribution is 5.73. The van der Waals surface area contributed by atoms with Crippen LogP contribution in [0.4, 0.5) is 0 Å². The van der Waals surface area contributed by atoms with Crippen LogP contribution in [0.25, 0.3) is 11.3 Å². The van der Waals surface area contributed by atoms with Gasteiger partial charge in [-0.25, -0.2) is 0 Å². The van der Waals surface area contributed by atoms with Gasteiger partial charge in [0.15, 0.2) is 0 Å². The van der Waals surface area contributed by atoms with E-state index in [0.717, 1.165) is 34.0 Å². The number of aryl methyl sites for hydroxylation is 2. The molecule has 5 heteroatoms. The number of hydrogen-bond acceptors (Lipinski definition) is 4. The van der Waals surface area contributed by atoms with Crippen LogP contribution in [-0.2, 0) is 13.6 Å². The lowest BCUT2D eigenvalue weighted by Crippen LogP contribution is -2.00. The zero-order chi connectivity index (χ0) is 14.0. The van der Waals surface area contributed by atoms with E-state index < -0.39 is 0 Å². The molecular formula is C14H19N3O2. The van der Waals surface area contributed by atoms with Crippen LogP contribution in [0.1, 0.15) is 11.3 Å². The summed E-state index contributed by atoms with van der Waals surface area (Å²) in [5, 5.41) is 4.37. The van der Waals surface area contributed by atoms with Crippen LogP contribution >= 0.6 is 0 Å². The maximum Gasteiger partial charge on any atom is 0.132 e. The average Bonchev–Trinajstić information content (AvgIpc) is 2.78. The van der Waals surface area contributed by atoms with E-state index in [-0.39, 0.29) is 0 Å². The molecule has 0 amide bonds. The molecule has 2 N–H and O–H groups in total. The highest BCUT2D eigenvalue weighted by Gasteiger charge is 2.16. The number of benzene rings is 1. The van der Waals surface area contributed by atoms with Gasteiger partial charge in [0.1, 0.15) is 11.5 Å². The number of nitrogens with two attached hydrogens (primary N) is 1. The third kappa shape index (κ3) is 2.42. The van der Waals surface area contributed by atoms with E-state index in [4.69, 9.17) is 15.2 Å². The number of ether oxygens (including phenoxy) is 2. The van der Waals surface area contributed by atoms with Gasteiger partial charge in [0, 0.05) is 25.2 Å². The molecule has 0 aliphatic heterocycles. The Hall–Kier alpha value is -2.01. The zero-order valence-corrected chi connectivity index (χ0v) is 11.7. The fourth-order valence-electron chi connectivity index (χ4n) is 2.19. The Morgan fingerprint density at radius 3 is 2.47 bits per heavy atom. The molecule has 0 bridgehead atoms. The molecule has 1 heterocycles.